The number of hydrogen-bond donors (Lipinski definition) is 2. The highest BCUT2D eigenvalue weighted by Gasteiger charge is 2.42. The van der Waals surface area contributed by atoms with Crippen molar-refractivity contribution in [1.29, 1.82) is 0 Å². The molecule has 1 amide bonds. The molecule has 1 atom stereocenters. The summed E-state index contributed by atoms with van der Waals surface area (Å²) in [7, 11) is 0. The molecule has 0 aliphatic carbocycles. The number of hydrogen-bond acceptors (Lipinski definition) is 4. The number of carbonyl (C=O) groups is 2. The van der Waals surface area contributed by atoms with Crippen LogP contribution in [-0.4, -0.2) is 38.0 Å². The monoisotopic (exact) mass is 388 g/mol. The summed E-state index contributed by atoms with van der Waals surface area (Å²) in [6, 6.07) is 3.18. The molecule has 0 fully saturated rings. The number of nitrogens with zero attached hydrogens (tertiary/aromatic N) is 3. The van der Waals surface area contributed by atoms with Crippen molar-refractivity contribution < 1.29 is 32.3 Å². The van der Waals surface area contributed by atoms with E-state index in [2.05, 4.69) is 10.3 Å². The Labute approximate surface area is 151 Å². The van der Waals surface area contributed by atoms with Crippen molar-refractivity contribution in [1.82, 2.24) is 20.3 Å². The summed E-state index contributed by atoms with van der Waals surface area (Å²) in [5, 5.41) is 17.6. The quantitative estimate of drug-likeness (QED) is 0.711. The summed E-state index contributed by atoms with van der Waals surface area (Å²) >= 11 is 0. The summed E-state index contributed by atoms with van der Waals surface area (Å²) in [4.78, 5) is 23.4. The van der Waals surface area contributed by atoms with Crippen molar-refractivity contribution in [3.8, 4) is 5.69 Å². The maximum atomic E-state index is 13.9. The van der Waals surface area contributed by atoms with Gasteiger partial charge >= 0.3 is 12.1 Å². The van der Waals surface area contributed by atoms with Crippen LogP contribution in [0.5, 0.6) is 0 Å². The fourth-order valence-corrected chi connectivity index (χ4v) is 2.37. The third kappa shape index (κ3) is 4.60. The Hall–Kier alpha value is -2.98. The second kappa shape index (κ2) is 8.14. The normalized spacial score (nSPS) is 12.6. The number of carboxylic acid groups (broad SMARTS) is 1. The highest BCUT2D eigenvalue weighted by molar-refractivity contribution is 5.96. The molecule has 0 aliphatic heterocycles. The predicted octanol–water partition coefficient (Wildman–Crippen LogP) is 2.80. The number of amides is 1. The molecule has 0 saturated carbocycles. The van der Waals surface area contributed by atoms with Crippen molar-refractivity contribution in [3.63, 3.8) is 0 Å². The first-order valence-corrected chi connectivity index (χ1v) is 7.98. The Kier molecular flexibility index (Phi) is 6.13. The second-order valence-electron chi connectivity index (χ2n) is 5.65. The van der Waals surface area contributed by atoms with Crippen LogP contribution in [0, 0.1) is 5.82 Å². The predicted molar refractivity (Wildman–Crippen MR) is 84.7 cm³/mol. The first kappa shape index (κ1) is 20.3. The Balaban J connectivity index is 2.44. The minimum atomic E-state index is -5.08. The number of aliphatic carboxylic acids is 1. The maximum absolute atomic E-state index is 13.9. The van der Waals surface area contributed by atoms with Gasteiger partial charge in [-0.05, 0) is 18.6 Å². The number of rotatable bonds is 7. The number of para-hydroxylation sites is 1. The molecule has 7 nitrogen and oxygen atoms in total. The number of carboxylic acids is 1. The zero-order valence-electron chi connectivity index (χ0n) is 14.1. The van der Waals surface area contributed by atoms with Gasteiger partial charge in [0.05, 0.1) is 0 Å². The number of alkyl halides is 3. The molecule has 0 saturated heterocycles. The lowest BCUT2D eigenvalue weighted by Gasteiger charge is -2.15. The number of unbranched alkanes of at least 4 members (excludes halogenated alkanes) is 1. The third-order valence-electron chi connectivity index (χ3n) is 3.68. The van der Waals surface area contributed by atoms with Gasteiger partial charge in [-0.25, -0.2) is 13.9 Å². The van der Waals surface area contributed by atoms with Crippen molar-refractivity contribution >= 4 is 11.9 Å². The Morgan fingerprint density at radius 3 is 2.52 bits per heavy atom. The lowest BCUT2D eigenvalue weighted by Crippen LogP contribution is -2.41. The molecule has 0 spiro atoms. The standard InChI is InChI=1S/C16H16F4N4O3/c1-2-3-7-10(15(26)27)21-14(25)12-13(16(18,19)20)24(23-22-12)11-8-5-4-6-9(11)17/h4-6,8,10H,2-3,7H2,1H3,(H,21,25)(H,26,27)/t10-/m0/s1. The van der Waals surface area contributed by atoms with Crippen LogP contribution in [0.15, 0.2) is 24.3 Å². The summed E-state index contributed by atoms with van der Waals surface area (Å²) < 4.78 is 54.5. The van der Waals surface area contributed by atoms with Crippen LogP contribution in [0.4, 0.5) is 17.6 Å². The van der Waals surface area contributed by atoms with Crippen LogP contribution in [0.3, 0.4) is 0 Å². The lowest BCUT2D eigenvalue weighted by molar-refractivity contribution is -0.143. The molecule has 2 aromatic rings. The number of benzene rings is 1. The molecule has 0 radical (unpaired) electrons. The first-order chi connectivity index (χ1) is 12.7. The molecule has 2 rings (SSSR count). The fraction of sp³-hybridized carbons (Fsp3) is 0.375. The first-order valence-electron chi connectivity index (χ1n) is 7.98. The molecule has 27 heavy (non-hydrogen) atoms. The molecule has 11 heteroatoms. The Bertz CT molecular complexity index is 835. The van der Waals surface area contributed by atoms with Crippen LogP contribution in [0.1, 0.15) is 42.4 Å². The molecule has 0 unspecified atom stereocenters. The van der Waals surface area contributed by atoms with E-state index >= 15 is 0 Å². The van der Waals surface area contributed by atoms with E-state index in [9.17, 15) is 27.2 Å². The van der Waals surface area contributed by atoms with Gasteiger partial charge < -0.3 is 10.4 Å². The molecule has 0 bridgehead atoms. The molecular weight excluding hydrogens is 372 g/mol. The minimum Gasteiger partial charge on any atom is -0.480 e. The fourth-order valence-electron chi connectivity index (χ4n) is 2.37. The average Bonchev–Trinajstić information content (AvgIpc) is 3.04. The van der Waals surface area contributed by atoms with Crippen LogP contribution in [0.2, 0.25) is 0 Å². The van der Waals surface area contributed by atoms with Gasteiger partial charge in [-0.2, -0.15) is 13.2 Å². The Morgan fingerprint density at radius 1 is 1.30 bits per heavy atom. The largest absolute Gasteiger partial charge is 0.480 e. The maximum Gasteiger partial charge on any atom is 0.435 e. The number of carbonyl (C=O) groups excluding carboxylic acids is 1. The van der Waals surface area contributed by atoms with Crippen LogP contribution >= 0.6 is 0 Å². The Morgan fingerprint density at radius 2 is 1.96 bits per heavy atom. The van der Waals surface area contributed by atoms with Gasteiger partial charge in [-0.15, -0.1) is 5.10 Å². The molecule has 1 aromatic carbocycles. The van der Waals surface area contributed by atoms with E-state index in [0.717, 1.165) is 12.1 Å². The molecule has 2 N–H and O–H groups in total. The summed E-state index contributed by atoms with van der Waals surface area (Å²) in [6.07, 6.45) is -3.96. The van der Waals surface area contributed by atoms with Gasteiger partial charge in [0, 0.05) is 0 Å². The summed E-state index contributed by atoms with van der Waals surface area (Å²) in [5.74, 6) is -3.73. The van der Waals surface area contributed by atoms with Gasteiger partial charge in [-0.1, -0.05) is 37.1 Å². The van der Waals surface area contributed by atoms with Crippen LogP contribution in [-0.2, 0) is 11.0 Å². The summed E-state index contributed by atoms with van der Waals surface area (Å²) in [6.45, 7) is 1.79. The van der Waals surface area contributed by atoms with Gasteiger partial charge in [0.15, 0.2) is 11.4 Å². The highest BCUT2D eigenvalue weighted by Crippen LogP contribution is 2.33. The van der Waals surface area contributed by atoms with E-state index in [4.69, 9.17) is 5.11 Å². The molecule has 146 valence electrons. The van der Waals surface area contributed by atoms with Gasteiger partial charge in [-0.3, -0.25) is 4.79 Å². The van der Waals surface area contributed by atoms with Crippen LogP contribution in [0.25, 0.3) is 5.69 Å². The second-order valence-corrected chi connectivity index (χ2v) is 5.65. The number of nitrogens with one attached hydrogen (secondary N) is 1. The molecule has 0 aliphatic rings. The summed E-state index contributed by atoms with van der Waals surface area (Å²) in [5.41, 5.74) is -3.27. The van der Waals surface area contributed by atoms with Crippen molar-refractivity contribution in [2.24, 2.45) is 0 Å². The van der Waals surface area contributed by atoms with Crippen molar-refractivity contribution in [2.75, 3.05) is 0 Å². The van der Waals surface area contributed by atoms with Crippen molar-refractivity contribution in [2.45, 2.75) is 38.4 Å². The highest BCUT2D eigenvalue weighted by atomic mass is 19.4. The van der Waals surface area contributed by atoms with Gasteiger partial charge in [0.25, 0.3) is 5.91 Å². The molecular formula is C16H16F4N4O3. The zero-order chi connectivity index (χ0) is 20.2. The smallest absolute Gasteiger partial charge is 0.435 e. The van der Waals surface area contributed by atoms with E-state index in [-0.39, 0.29) is 11.1 Å². The van der Waals surface area contributed by atoms with E-state index in [1.807, 2.05) is 5.32 Å². The van der Waals surface area contributed by atoms with E-state index < -0.39 is 47.0 Å². The average molecular weight is 388 g/mol. The van der Waals surface area contributed by atoms with E-state index in [1.165, 1.54) is 12.1 Å². The third-order valence-corrected chi connectivity index (χ3v) is 3.68. The van der Waals surface area contributed by atoms with E-state index in [1.54, 1.807) is 6.92 Å². The topological polar surface area (TPSA) is 97.1 Å². The number of aromatic nitrogens is 3. The zero-order valence-corrected chi connectivity index (χ0v) is 14.1. The lowest BCUT2D eigenvalue weighted by atomic mass is 10.1. The van der Waals surface area contributed by atoms with Crippen LogP contribution < -0.4 is 5.32 Å². The molecule has 1 aromatic heterocycles. The molecule has 1 heterocycles. The minimum absolute atomic E-state index is 0.0420. The van der Waals surface area contributed by atoms with Gasteiger partial charge in [0.1, 0.15) is 17.5 Å². The number of halogens is 4. The van der Waals surface area contributed by atoms with Crippen molar-refractivity contribution in [3.05, 3.63) is 41.5 Å². The SMILES string of the molecule is CCCC[C@H](NC(=O)c1nnn(-c2ccccc2F)c1C(F)(F)F)C(=O)O. The van der Waals surface area contributed by atoms with Gasteiger partial charge in [0.2, 0.25) is 0 Å². The van der Waals surface area contributed by atoms with E-state index in [0.29, 0.717) is 12.8 Å².